The zero-order valence-electron chi connectivity index (χ0n) is 13.1. The summed E-state index contributed by atoms with van der Waals surface area (Å²) in [6.07, 6.45) is -3.04. The van der Waals surface area contributed by atoms with Gasteiger partial charge in [-0.2, -0.15) is 13.2 Å². The van der Waals surface area contributed by atoms with Gasteiger partial charge < -0.3 is 15.7 Å². The van der Waals surface area contributed by atoms with Crippen molar-refractivity contribution in [2.75, 3.05) is 32.8 Å². The van der Waals surface area contributed by atoms with Crippen LogP contribution in [0.1, 0.15) is 26.7 Å². The molecule has 0 saturated carbocycles. The van der Waals surface area contributed by atoms with Gasteiger partial charge in [0.15, 0.2) is 0 Å². The Hall–Kier alpha value is -1.02. The van der Waals surface area contributed by atoms with Crippen LogP contribution in [0.5, 0.6) is 0 Å². The molecule has 0 aromatic rings. The Morgan fingerprint density at radius 1 is 1.41 bits per heavy atom. The van der Waals surface area contributed by atoms with Gasteiger partial charge in [0.05, 0.1) is 6.54 Å². The fourth-order valence-electron chi connectivity index (χ4n) is 2.64. The van der Waals surface area contributed by atoms with Crippen molar-refractivity contribution in [2.24, 2.45) is 11.8 Å². The van der Waals surface area contributed by atoms with Crippen LogP contribution in [0.3, 0.4) is 0 Å². The zero-order chi connectivity index (χ0) is 16.8. The van der Waals surface area contributed by atoms with E-state index in [-0.39, 0.29) is 30.5 Å². The molecule has 1 fully saturated rings. The van der Waals surface area contributed by atoms with Crippen molar-refractivity contribution in [1.29, 1.82) is 0 Å². The number of alkyl halides is 3. The van der Waals surface area contributed by atoms with E-state index in [1.54, 1.807) is 0 Å². The van der Waals surface area contributed by atoms with Gasteiger partial charge in [0.1, 0.15) is 0 Å². The Morgan fingerprint density at radius 3 is 2.64 bits per heavy atom. The summed E-state index contributed by atoms with van der Waals surface area (Å²) in [5.41, 5.74) is 0. The highest BCUT2D eigenvalue weighted by atomic mass is 19.4. The number of nitrogens with zero attached hydrogens (tertiary/aromatic N) is 1. The fourth-order valence-corrected chi connectivity index (χ4v) is 2.64. The first-order valence-electron chi connectivity index (χ1n) is 7.65. The monoisotopic (exact) mass is 325 g/mol. The third-order valence-electron chi connectivity index (χ3n) is 3.89. The predicted molar refractivity (Wildman–Crippen MR) is 77.5 cm³/mol. The number of nitrogens with one attached hydrogen (secondary N) is 2. The molecular formula is C14H26F3N3O2. The number of aliphatic hydroxyl groups excluding tert-OH is 1. The number of urea groups is 1. The molecule has 0 aliphatic carbocycles. The molecule has 2 atom stereocenters. The van der Waals surface area contributed by atoms with E-state index in [2.05, 4.69) is 10.6 Å². The smallest absolute Gasteiger partial charge is 0.396 e. The van der Waals surface area contributed by atoms with Crippen LogP contribution in [0.25, 0.3) is 0 Å². The van der Waals surface area contributed by atoms with E-state index in [1.807, 2.05) is 13.8 Å². The van der Waals surface area contributed by atoms with Gasteiger partial charge in [-0.05, 0) is 31.2 Å². The molecule has 8 heteroatoms. The summed E-state index contributed by atoms with van der Waals surface area (Å²) in [5.74, 6) is 0.245. The van der Waals surface area contributed by atoms with Gasteiger partial charge in [-0.1, -0.05) is 13.8 Å². The number of halogens is 3. The van der Waals surface area contributed by atoms with Crippen molar-refractivity contribution in [3.05, 3.63) is 0 Å². The minimum atomic E-state index is -4.17. The predicted octanol–water partition coefficient (Wildman–Crippen LogP) is 1.58. The lowest BCUT2D eigenvalue weighted by Gasteiger charge is -2.22. The van der Waals surface area contributed by atoms with Crippen LogP contribution in [-0.2, 0) is 0 Å². The highest BCUT2D eigenvalue weighted by molar-refractivity contribution is 5.74. The largest absolute Gasteiger partial charge is 0.401 e. The van der Waals surface area contributed by atoms with Crippen LogP contribution in [0.2, 0.25) is 0 Å². The molecule has 1 heterocycles. The third-order valence-corrected chi connectivity index (χ3v) is 3.89. The first-order valence-corrected chi connectivity index (χ1v) is 7.65. The highest BCUT2D eigenvalue weighted by Crippen LogP contribution is 2.22. The van der Waals surface area contributed by atoms with Crippen molar-refractivity contribution < 1.29 is 23.1 Å². The maximum Gasteiger partial charge on any atom is 0.401 e. The third kappa shape index (κ3) is 7.31. The van der Waals surface area contributed by atoms with Crippen LogP contribution < -0.4 is 10.6 Å². The molecule has 3 N–H and O–H groups in total. The van der Waals surface area contributed by atoms with Crippen molar-refractivity contribution in [3.63, 3.8) is 0 Å². The molecule has 0 spiro atoms. The fraction of sp³-hybridized carbons (Fsp3) is 0.929. The summed E-state index contributed by atoms with van der Waals surface area (Å²) < 4.78 is 36.9. The van der Waals surface area contributed by atoms with Gasteiger partial charge in [0, 0.05) is 25.7 Å². The summed E-state index contributed by atoms with van der Waals surface area (Å²) in [7, 11) is 0. The van der Waals surface area contributed by atoms with Gasteiger partial charge in [0.25, 0.3) is 0 Å². The van der Waals surface area contributed by atoms with Crippen LogP contribution in [0, 0.1) is 11.8 Å². The molecule has 0 aromatic carbocycles. The molecule has 130 valence electrons. The number of rotatable bonds is 7. The molecule has 22 heavy (non-hydrogen) atoms. The first kappa shape index (κ1) is 19.0. The molecule has 1 aliphatic rings. The second-order valence-corrected chi connectivity index (χ2v) is 6.22. The summed E-state index contributed by atoms with van der Waals surface area (Å²) >= 11 is 0. The van der Waals surface area contributed by atoms with Crippen molar-refractivity contribution in [2.45, 2.75) is 38.9 Å². The molecule has 1 rings (SSSR count). The van der Waals surface area contributed by atoms with Crippen LogP contribution in [0.15, 0.2) is 0 Å². The SMILES string of the molecule is CC(C)C(CCO)NC(=O)NCC1CCN(CC(F)(F)F)C1. The molecule has 2 amide bonds. The number of hydrogen-bond donors (Lipinski definition) is 3. The average molecular weight is 325 g/mol. The standard InChI is InChI=1S/C14H26F3N3O2/c1-10(2)12(4-6-21)19-13(22)18-7-11-3-5-20(8-11)9-14(15,16)17/h10-12,21H,3-9H2,1-2H3,(H2,18,19,22). The van der Waals surface area contributed by atoms with Crippen molar-refractivity contribution >= 4 is 6.03 Å². The highest BCUT2D eigenvalue weighted by Gasteiger charge is 2.34. The number of amides is 2. The summed E-state index contributed by atoms with van der Waals surface area (Å²) in [6, 6.07) is -0.447. The normalized spacial score (nSPS) is 21.1. The molecule has 0 radical (unpaired) electrons. The quantitative estimate of drug-likeness (QED) is 0.666. The van der Waals surface area contributed by atoms with E-state index >= 15 is 0 Å². The topological polar surface area (TPSA) is 64.6 Å². The van der Waals surface area contributed by atoms with E-state index in [1.165, 1.54) is 4.90 Å². The van der Waals surface area contributed by atoms with E-state index in [9.17, 15) is 18.0 Å². The average Bonchev–Trinajstić information content (AvgIpc) is 2.81. The van der Waals surface area contributed by atoms with E-state index in [0.717, 1.165) is 0 Å². The Morgan fingerprint density at radius 2 is 2.09 bits per heavy atom. The summed E-state index contributed by atoms with van der Waals surface area (Å²) in [5, 5.41) is 14.5. The van der Waals surface area contributed by atoms with Crippen LogP contribution in [-0.4, -0.2) is 61.0 Å². The molecule has 1 aliphatic heterocycles. The Labute approximate surface area is 129 Å². The molecule has 2 unspecified atom stereocenters. The van der Waals surface area contributed by atoms with Gasteiger partial charge in [-0.15, -0.1) is 0 Å². The lowest BCUT2D eigenvalue weighted by molar-refractivity contribution is -0.143. The second kappa shape index (κ2) is 8.57. The van der Waals surface area contributed by atoms with Gasteiger partial charge >= 0.3 is 12.2 Å². The molecule has 5 nitrogen and oxygen atoms in total. The number of likely N-dealkylation sites (tertiary alicyclic amines) is 1. The molecular weight excluding hydrogens is 299 g/mol. The van der Waals surface area contributed by atoms with Gasteiger partial charge in [-0.3, -0.25) is 4.90 Å². The maximum atomic E-state index is 12.3. The van der Waals surface area contributed by atoms with E-state index < -0.39 is 12.7 Å². The van der Waals surface area contributed by atoms with Crippen molar-refractivity contribution in [3.8, 4) is 0 Å². The molecule has 0 aromatic heterocycles. The Bertz CT molecular complexity index is 351. The lowest BCUT2D eigenvalue weighted by Crippen LogP contribution is -2.46. The second-order valence-electron chi connectivity index (χ2n) is 6.22. The Kier molecular flexibility index (Phi) is 7.41. The van der Waals surface area contributed by atoms with E-state index in [4.69, 9.17) is 5.11 Å². The lowest BCUT2D eigenvalue weighted by atomic mass is 10.0. The van der Waals surface area contributed by atoms with Crippen LogP contribution >= 0.6 is 0 Å². The minimum Gasteiger partial charge on any atom is -0.396 e. The number of hydrogen-bond acceptors (Lipinski definition) is 3. The van der Waals surface area contributed by atoms with E-state index in [0.29, 0.717) is 32.5 Å². The van der Waals surface area contributed by atoms with Gasteiger partial charge in [0.2, 0.25) is 0 Å². The minimum absolute atomic E-state index is 0.00183. The summed E-state index contributed by atoms with van der Waals surface area (Å²) in [4.78, 5) is 13.2. The number of carbonyl (C=O) groups is 1. The number of carbonyl (C=O) groups excluding carboxylic acids is 1. The van der Waals surface area contributed by atoms with Crippen molar-refractivity contribution in [1.82, 2.24) is 15.5 Å². The molecule has 1 saturated heterocycles. The Balaban J connectivity index is 2.27. The number of aliphatic hydroxyl groups is 1. The summed E-state index contributed by atoms with van der Waals surface area (Å²) in [6.45, 7) is 4.14. The molecule has 0 bridgehead atoms. The first-order chi connectivity index (χ1) is 10.2. The zero-order valence-corrected chi connectivity index (χ0v) is 13.1. The van der Waals surface area contributed by atoms with Crippen LogP contribution in [0.4, 0.5) is 18.0 Å². The maximum absolute atomic E-state index is 12.3. The van der Waals surface area contributed by atoms with Gasteiger partial charge in [-0.25, -0.2) is 4.79 Å².